The van der Waals surface area contributed by atoms with Gasteiger partial charge in [0, 0.05) is 10.2 Å². The van der Waals surface area contributed by atoms with Gasteiger partial charge in [0.25, 0.3) is 0 Å². The molecule has 16 heavy (non-hydrogen) atoms. The Bertz CT molecular complexity index is 429. The van der Waals surface area contributed by atoms with Crippen molar-refractivity contribution in [3.8, 4) is 0 Å². The van der Waals surface area contributed by atoms with Crippen LogP contribution in [0.2, 0.25) is 0 Å². The molecule has 86 valence electrons. The lowest BCUT2D eigenvalue weighted by Crippen LogP contribution is -2.25. The number of anilines is 1. The molecule has 0 unspecified atom stereocenters. The van der Waals surface area contributed by atoms with Gasteiger partial charge in [-0.2, -0.15) is 0 Å². The molecule has 1 fully saturated rings. The van der Waals surface area contributed by atoms with Gasteiger partial charge in [-0.1, -0.05) is 47.8 Å². The fraction of sp³-hybridized carbons (Fsp3) is 0.364. The Labute approximate surface area is 120 Å². The Morgan fingerprint density at radius 3 is 2.25 bits per heavy atom. The lowest BCUT2D eigenvalue weighted by molar-refractivity contribution is -0.120. The maximum atomic E-state index is 12.0. The molecule has 1 N–H and O–H groups in total. The zero-order valence-electron chi connectivity index (χ0n) is 8.56. The van der Waals surface area contributed by atoms with E-state index in [-0.39, 0.29) is 14.6 Å². The van der Waals surface area contributed by atoms with Gasteiger partial charge in [-0.25, -0.2) is 0 Å². The highest BCUT2D eigenvalue weighted by Gasteiger charge is 2.66. The van der Waals surface area contributed by atoms with Crippen LogP contribution in [0.1, 0.15) is 13.3 Å². The molecule has 1 atom stereocenters. The van der Waals surface area contributed by atoms with Gasteiger partial charge in [0.2, 0.25) is 5.91 Å². The zero-order valence-corrected chi connectivity index (χ0v) is 13.3. The van der Waals surface area contributed by atoms with E-state index in [0.717, 1.165) is 16.6 Å². The molecule has 0 bridgehead atoms. The second-order valence-electron chi connectivity index (χ2n) is 4.17. The standard InChI is InChI=1S/C11H10Br3NO/c1-10(6-11(10,13)14)9(16)15-8-4-2-7(12)3-5-8/h2-5H,6H2,1H3,(H,15,16)/t10-/m0/s1. The number of hydrogen-bond acceptors (Lipinski definition) is 1. The molecule has 0 spiro atoms. The van der Waals surface area contributed by atoms with Crippen molar-refractivity contribution in [2.45, 2.75) is 16.6 Å². The minimum absolute atomic E-state index is 0.0311. The van der Waals surface area contributed by atoms with Gasteiger partial charge < -0.3 is 5.32 Å². The summed E-state index contributed by atoms with van der Waals surface area (Å²) in [5.41, 5.74) is 0.442. The van der Waals surface area contributed by atoms with Crippen LogP contribution < -0.4 is 5.32 Å². The minimum atomic E-state index is -0.375. The van der Waals surface area contributed by atoms with E-state index in [4.69, 9.17) is 0 Å². The number of halogens is 3. The van der Waals surface area contributed by atoms with Gasteiger partial charge in [-0.15, -0.1) is 0 Å². The van der Waals surface area contributed by atoms with Crippen LogP contribution >= 0.6 is 47.8 Å². The molecule has 1 aromatic carbocycles. The van der Waals surface area contributed by atoms with E-state index in [1.807, 2.05) is 31.2 Å². The molecule has 1 amide bonds. The third kappa shape index (κ3) is 2.22. The maximum Gasteiger partial charge on any atom is 0.232 e. The third-order valence-corrected chi connectivity index (χ3v) is 5.70. The first kappa shape index (κ1) is 12.6. The molecular formula is C11H10Br3NO. The molecule has 5 heteroatoms. The molecule has 0 aliphatic heterocycles. The van der Waals surface area contributed by atoms with Gasteiger partial charge in [0.15, 0.2) is 0 Å². The summed E-state index contributed by atoms with van der Waals surface area (Å²) in [6.07, 6.45) is 0.794. The number of hydrogen-bond donors (Lipinski definition) is 1. The number of carbonyl (C=O) groups is 1. The van der Waals surface area contributed by atoms with E-state index in [1.165, 1.54) is 0 Å². The maximum absolute atomic E-state index is 12.0. The molecule has 0 heterocycles. The molecule has 1 aromatic rings. The predicted molar refractivity (Wildman–Crippen MR) is 76.1 cm³/mol. The Morgan fingerprint density at radius 1 is 1.31 bits per heavy atom. The van der Waals surface area contributed by atoms with Crippen molar-refractivity contribution < 1.29 is 4.79 Å². The second-order valence-corrected chi connectivity index (χ2v) is 8.86. The van der Waals surface area contributed by atoms with Crippen molar-refractivity contribution in [3.05, 3.63) is 28.7 Å². The van der Waals surface area contributed by atoms with E-state index in [0.29, 0.717) is 0 Å². The third-order valence-electron chi connectivity index (χ3n) is 2.86. The van der Waals surface area contributed by atoms with Crippen molar-refractivity contribution in [2.24, 2.45) is 5.41 Å². The number of carbonyl (C=O) groups excluding carboxylic acids is 1. The van der Waals surface area contributed by atoms with Crippen molar-refractivity contribution in [3.63, 3.8) is 0 Å². The summed E-state index contributed by atoms with van der Waals surface area (Å²) in [5, 5.41) is 2.91. The Balaban J connectivity index is 2.07. The summed E-state index contributed by atoms with van der Waals surface area (Å²) in [5.74, 6) is 0.0311. The smallest absolute Gasteiger partial charge is 0.232 e. The average molecular weight is 412 g/mol. The summed E-state index contributed by atoms with van der Waals surface area (Å²) >= 11 is 10.3. The molecule has 1 aliphatic carbocycles. The van der Waals surface area contributed by atoms with Gasteiger partial charge in [-0.05, 0) is 37.6 Å². The van der Waals surface area contributed by atoms with E-state index >= 15 is 0 Å². The number of nitrogens with one attached hydrogen (secondary N) is 1. The quantitative estimate of drug-likeness (QED) is 0.723. The highest BCUT2D eigenvalue weighted by molar-refractivity contribution is 9.25. The first-order valence-corrected chi connectivity index (χ1v) is 7.18. The normalized spacial score (nSPS) is 26.2. The summed E-state index contributed by atoms with van der Waals surface area (Å²) in [6.45, 7) is 1.94. The highest BCUT2D eigenvalue weighted by Crippen LogP contribution is 2.66. The lowest BCUT2D eigenvalue weighted by atomic mass is 10.1. The van der Waals surface area contributed by atoms with E-state index in [1.54, 1.807) is 0 Å². The SMILES string of the molecule is C[C@@]1(C(=O)Nc2ccc(Br)cc2)CC1(Br)Br. The first-order chi connectivity index (χ1) is 7.35. The molecule has 0 radical (unpaired) electrons. The largest absolute Gasteiger partial charge is 0.326 e. The monoisotopic (exact) mass is 409 g/mol. The molecule has 1 saturated carbocycles. The molecular weight excluding hydrogens is 402 g/mol. The van der Waals surface area contributed by atoms with Crippen molar-refractivity contribution in [1.82, 2.24) is 0 Å². The van der Waals surface area contributed by atoms with Crippen molar-refractivity contribution in [1.29, 1.82) is 0 Å². The molecule has 2 nitrogen and oxygen atoms in total. The molecule has 2 rings (SSSR count). The summed E-state index contributed by atoms with van der Waals surface area (Å²) in [4.78, 5) is 12.0. The number of rotatable bonds is 2. The van der Waals surface area contributed by atoms with Crippen LogP contribution in [0.25, 0.3) is 0 Å². The van der Waals surface area contributed by atoms with Gasteiger partial charge >= 0.3 is 0 Å². The van der Waals surface area contributed by atoms with Gasteiger partial charge in [-0.3, -0.25) is 4.79 Å². The fourth-order valence-corrected chi connectivity index (χ4v) is 3.19. The Hall–Kier alpha value is 0.130. The lowest BCUT2D eigenvalue weighted by Gasteiger charge is -2.12. The first-order valence-electron chi connectivity index (χ1n) is 4.80. The Kier molecular flexibility index (Phi) is 3.23. The van der Waals surface area contributed by atoms with Crippen LogP contribution in [0.5, 0.6) is 0 Å². The summed E-state index contributed by atoms with van der Waals surface area (Å²) in [7, 11) is 0. The minimum Gasteiger partial charge on any atom is -0.326 e. The predicted octanol–water partition coefficient (Wildman–Crippen LogP) is 4.28. The number of benzene rings is 1. The van der Waals surface area contributed by atoms with Crippen molar-refractivity contribution >= 4 is 59.4 Å². The van der Waals surface area contributed by atoms with Crippen LogP contribution in [-0.4, -0.2) is 9.14 Å². The highest BCUT2D eigenvalue weighted by atomic mass is 79.9. The topological polar surface area (TPSA) is 29.1 Å². The van der Waals surface area contributed by atoms with Crippen molar-refractivity contribution in [2.75, 3.05) is 5.32 Å². The van der Waals surface area contributed by atoms with Crippen LogP contribution in [0.3, 0.4) is 0 Å². The van der Waals surface area contributed by atoms with Crippen LogP contribution in [0.15, 0.2) is 28.7 Å². The van der Waals surface area contributed by atoms with Gasteiger partial charge in [0.05, 0.1) is 8.65 Å². The second kappa shape index (κ2) is 4.10. The zero-order chi connectivity index (χ0) is 12.0. The molecule has 0 aromatic heterocycles. The van der Waals surface area contributed by atoms with E-state index in [9.17, 15) is 4.79 Å². The summed E-state index contributed by atoms with van der Waals surface area (Å²) in [6, 6.07) is 7.55. The fourth-order valence-electron chi connectivity index (χ4n) is 1.45. The van der Waals surface area contributed by atoms with E-state index < -0.39 is 0 Å². The van der Waals surface area contributed by atoms with Crippen LogP contribution in [0, 0.1) is 5.41 Å². The van der Waals surface area contributed by atoms with E-state index in [2.05, 4.69) is 53.1 Å². The number of amides is 1. The molecule has 0 saturated heterocycles. The number of alkyl halides is 2. The average Bonchev–Trinajstić information content (AvgIpc) is 2.71. The molecule has 1 aliphatic rings. The van der Waals surface area contributed by atoms with Crippen LogP contribution in [-0.2, 0) is 4.79 Å². The summed E-state index contributed by atoms with van der Waals surface area (Å²) < 4.78 is 0.755. The Morgan fingerprint density at radius 2 is 1.81 bits per heavy atom. The van der Waals surface area contributed by atoms with Crippen LogP contribution in [0.4, 0.5) is 5.69 Å². The van der Waals surface area contributed by atoms with Gasteiger partial charge in [0.1, 0.15) is 0 Å².